The number of morpholine rings is 1. The molecule has 21 heavy (non-hydrogen) atoms. The van der Waals surface area contributed by atoms with Crippen LogP contribution in [0.4, 0.5) is 5.69 Å². The molecule has 0 saturated carbocycles. The Hall–Kier alpha value is -0.920. The van der Waals surface area contributed by atoms with Crippen molar-refractivity contribution in [1.29, 1.82) is 0 Å². The van der Waals surface area contributed by atoms with E-state index in [4.69, 9.17) is 4.74 Å². The number of likely N-dealkylation sites (N-methyl/N-ethyl adjacent to an activating group) is 1. The number of anilines is 1. The summed E-state index contributed by atoms with van der Waals surface area (Å²) in [7, 11) is 2.08. The zero-order valence-corrected chi connectivity index (χ0v) is 14.4. The van der Waals surface area contributed by atoms with Crippen molar-refractivity contribution in [3.8, 4) is 0 Å². The number of nitrogens with zero attached hydrogens (tertiary/aromatic N) is 3. The average Bonchev–Trinajstić information content (AvgIpc) is 2.43. The van der Waals surface area contributed by atoms with Gasteiger partial charge in [-0.2, -0.15) is 5.10 Å². The van der Waals surface area contributed by atoms with E-state index in [0.29, 0.717) is 23.5 Å². The van der Waals surface area contributed by atoms with Crippen LogP contribution in [0.5, 0.6) is 0 Å². The van der Waals surface area contributed by atoms with Crippen molar-refractivity contribution >= 4 is 21.6 Å². The molecule has 1 atom stereocenters. The molecule has 0 amide bonds. The molecule has 6 nitrogen and oxygen atoms in total. The summed E-state index contributed by atoms with van der Waals surface area (Å²) in [5, 5.41) is 7.47. The Labute approximate surface area is 133 Å². The molecule has 0 bridgehead atoms. The summed E-state index contributed by atoms with van der Waals surface area (Å²) >= 11 is 3.37. The molecule has 1 aliphatic heterocycles. The average molecular weight is 359 g/mol. The van der Waals surface area contributed by atoms with Crippen LogP contribution < -0.4 is 10.9 Å². The first-order valence-electron chi connectivity index (χ1n) is 7.27. The van der Waals surface area contributed by atoms with Gasteiger partial charge in [0.2, 0.25) is 0 Å². The lowest BCUT2D eigenvalue weighted by molar-refractivity contribution is -0.0117. The van der Waals surface area contributed by atoms with Crippen LogP contribution in [0.25, 0.3) is 0 Å². The fourth-order valence-corrected chi connectivity index (χ4v) is 2.73. The fourth-order valence-electron chi connectivity index (χ4n) is 2.28. The quantitative estimate of drug-likeness (QED) is 0.862. The Bertz CT molecular complexity index is 532. The van der Waals surface area contributed by atoms with Crippen LogP contribution in [0.3, 0.4) is 0 Å². The predicted molar refractivity (Wildman–Crippen MR) is 86.8 cm³/mol. The first kappa shape index (κ1) is 16.5. The highest BCUT2D eigenvalue weighted by Crippen LogP contribution is 2.17. The highest BCUT2D eigenvalue weighted by atomic mass is 79.9. The van der Waals surface area contributed by atoms with Crippen LogP contribution in [0.15, 0.2) is 15.5 Å². The van der Waals surface area contributed by atoms with Crippen molar-refractivity contribution < 1.29 is 4.74 Å². The number of nitrogens with one attached hydrogen (secondary N) is 1. The molecule has 2 rings (SSSR count). The number of ether oxygens (including phenoxy) is 1. The Morgan fingerprint density at radius 2 is 2.33 bits per heavy atom. The third kappa shape index (κ3) is 4.52. The lowest BCUT2D eigenvalue weighted by Gasteiger charge is -2.30. The van der Waals surface area contributed by atoms with Crippen LogP contribution in [-0.2, 0) is 11.3 Å². The van der Waals surface area contributed by atoms with Gasteiger partial charge in [0.15, 0.2) is 0 Å². The van der Waals surface area contributed by atoms with E-state index in [1.165, 1.54) is 4.68 Å². The van der Waals surface area contributed by atoms with Crippen LogP contribution in [0, 0.1) is 5.92 Å². The second-order valence-corrected chi connectivity index (χ2v) is 6.68. The highest BCUT2D eigenvalue weighted by Gasteiger charge is 2.18. The largest absolute Gasteiger partial charge is 0.380 e. The van der Waals surface area contributed by atoms with Crippen molar-refractivity contribution in [3.63, 3.8) is 0 Å². The first-order valence-corrected chi connectivity index (χ1v) is 8.06. The number of rotatable bonds is 5. The second-order valence-electron chi connectivity index (χ2n) is 5.89. The maximum atomic E-state index is 12.2. The third-order valence-corrected chi connectivity index (χ3v) is 4.15. The van der Waals surface area contributed by atoms with Crippen molar-refractivity contribution in [3.05, 3.63) is 21.0 Å². The second kappa shape index (κ2) is 7.38. The smallest absolute Gasteiger partial charge is 0.283 e. The Kier molecular flexibility index (Phi) is 5.78. The van der Waals surface area contributed by atoms with Crippen LogP contribution in [0.2, 0.25) is 0 Å². The topological polar surface area (TPSA) is 59.4 Å². The monoisotopic (exact) mass is 358 g/mol. The van der Waals surface area contributed by atoms with Crippen LogP contribution in [-0.4, -0.2) is 54.1 Å². The maximum absolute atomic E-state index is 12.2. The van der Waals surface area contributed by atoms with Crippen molar-refractivity contribution in [2.75, 3.05) is 38.6 Å². The van der Waals surface area contributed by atoms with Gasteiger partial charge in [0, 0.05) is 26.2 Å². The van der Waals surface area contributed by atoms with Gasteiger partial charge < -0.3 is 15.0 Å². The van der Waals surface area contributed by atoms with E-state index in [1.54, 1.807) is 6.20 Å². The summed E-state index contributed by atoms with van der Waals surface area (Å²) < 4.78 is 7.71. The molecule has 1 fully saturated rings. The van der Waals surface area contributed by atoms with Crippen molar-refractivity contribution in [2.45, 2.75) is 26.5 Å². The molecule has 2 heterocycles. The van der Waals surface area contributed by atoms with Gasteiger partial charge >= 0.3 is 0 Å². The molecule has 118 valence electrons. The van der Waals surface area contributed by atoms with Gasteiger partial charge in [-0.1, -0.05) is 13.8 Å². The van der Waals surface area contributed by atoms with Gasteiger partial charge in [0.1, 0.15) is 4.47 Å². The minimum atomic E-state index is -0.101. The summed E-state index contributed by atoms with van der Waals surface area (Å²) in [6, 6.07) is 0. The molecule has 1 aliphatic rings. The molecule has 0 aromatic carbocycles. The zero-order valence-electron chi connectivity index (χ0n) is 12.8. The fraction of sp³-hybridized carbons (Fsp3) is 0.714. The molecule has 0 aliphatic carbocycles. The Balaban J connectivity index is 2.00. The number of aromatic nitrogens is 2. The van der Waals surface area contributed by atoms with Crippen molar-refractivity contribution in [2.24, 2.45) is 5.92 Å². The minimum Gasteiger partial charge on any atom is -0.380 e. The predicted octanol–water partition coefficient (Wildman–Crippen LogP) is 1.40. The van der Waals surface area contributed by atoms with Gasteiger partial charge in [0.25, 0.3) is 5.56 Å². The molecule has 1 aromatic heterocycles. The van der Waals surface area contributed by atoms with E-state index in [9.17, 15) is 4.79 Å². The van der Waals surface area contributed by atoms with Gasteiger partial charge in [-0.05, 0) is 28.9 Å². The number of hydrogen-bond acceptors (Lipinski definition) is 5. The standard InChI is InChI=1S/C14H23BrN4O2/c1-10(2)8-19-14(20)13(15)12(7-17-19)16-6-11-9-18(3)4-5-21-11/h7,10-11,16H,4-6,8-9H2,1-3H3. The molecule has 7 heteroatoms. The van der Waals surface area contributed by atoms with Gasteiger partial charge in [-0.3, -0.25) is 4.79 Å². The Morgan fingerprint density at radius 3 is 3.00 bits per heavy atom. The lowest BCUT2D eigenvalue weighted by Crippen LogP contribution is -2.43. The van der Waals surface area contributed by atoms with E-state index in [1.807, 2.05) is 0 Å². The SMILES string of the molecule is CC(C)Cn1ncc(NCC2CN(C)CCO2)c(Br)c1=O. The summed E-state index contributed by atoms with van der Waals surface area (Å²) in [6.45, 7) is 8.01. The van der Waals surface area contributed by atoms with Crippen molar-refractivity contribution in [1.82, 2.24) is 14.7 Å². The summed E-state index contributed by atoms with van der Waals surface area (Å²) in [5.74, 6) is 0.382. The van der Waals surface area contributed by atoms with Crippen LogP contribution >= 0.6 is 15.9 Å². The summed E-state index contributed by atoms with van der Waals surface area (Å²) in [5.41, 5.74) is 0.618. The maximum Gasteiger partial charge on any atom is 0.283 e. The minimum absolute atomic E-state index is 0.101. The number of hydrogen-bond donors (Lipinski definition) is 1. The van der Waals surface area contributed by atoms with Gasteiger partial charge in [-0.25, -0.2) is 4.68 Å². The van der Waals surface area contributed by atoms with E-state index in [-0.39, 0.29) is 11.7 Å². The summed E-state index contributed by atoms with van der Waals surface area (Å²) in [4.78, 5) is 14.4. The molecule has 1 saturated heterocycles. The Morgan fingerprint density at radius 1 is 1.57 bits per heavy atom. The molecule has 1 unspecified atom stereocenters. The third-order valence-electron chi connectivity index (χ3n) is 3.39. The number of halogens is 1. The first-order chi connectivity index (χ1) is 9.97. The summed E-state index contributed by atoms with van der Waals surface area (Å²) in [6.07, 6.45) is 1.83. The van der Waals surface area contributed by atoms with E-state index < -0.39 is 0 Å². The molecule has 1 N–H and O–H groups in total. The molecule has 1 aromatic rings. The molecule has 0 radical (unpaired) electrons. The van der Waals surface area contributed by atoms with Gasteiger partial charge in [-0.15, -0.1) is 0 Å². The van der Waals surface area contributed by atoms with Crippen LogP contribution in [0.1, 0.15) is 13.8 Å². The van der Waals surface area contributed by atoms with E-state index in [2.05, 4.69) is 52.1 Å². The molecule has 0 spiro atoms. The lowest BCUT2D eigenvalue weighted by atomic mass is 10.2. The van der Waals surface area contributed by atoms with Gasteiger partial charge in [0.05, 0.1) is 24.6 Å². The molecular weight excluding hydrogens is 336 g/mol. The molecular formula is C14H23BrN4O2. The van der Waals surface area contributed by atoms with E-state index >= 15 is 0 Å². The zero-order chi connectivity index (χ0) is 15.4. The highest BCUT2D eigenvalue weighted by molar-refractivity contribution is 9.10. The van der Waals surface area contributed by atoms with E-state index in [0.717, 1.165) is 25.4 Å². The normalized spacial score (nSPS) is 20.0.